The van der Waals surface area contributed by atoms with E-state index >= 15 is 0 Å². The summed E-state index contributed by atoms with van der Waals surface area (Å²) in [5.41, 5.74) is 0.517. The van der Waals surface area contributed by atoms with Crippen LogP contribution in [0.3, 0.4) is 0 Å². The third kappa shape index (κ3) is 5.16. The third-order valence-corrected chi connectivity index (χ3v) is 3.89. The fourth-order valence-electron chi connectivity index (χ4n) is 2.30. The number of aryl methyl sites for hydroxylation is 1. The molecule has 1 aromatic carbocycles. The summed E-state index contributed by atoms with van der Waals surface area (Å²) >= 11 is 0. The SMILES string of the molecule is CC(C)CCC(C)(O)CNC(=O)c1ccc(-c2ncn(C)n2)cc1. The van der Waals surface area contributed by atoms with Crippen LogP contribution in [-0.2, 0) is 7.05 Å². The zero-order chi connectivity index (χ0) is 17.7. The van der Waals surface area contributed by atoms with Gasteiger partial charge < -0.3 is 10.4 Å². The van der Waals surface area contributed by atoms with Gasteiger partial charge in [-0.2, -0.15) is 5.10 Å². The van der Waals surface area contributed by atoms with Crippen molar-refractivity contribution in [3.63, 3.8) is 0 Å². The molecule has 0 aliphatic rings. The molecule has 0 saturated heterocycles. The maximum absolute atomic E-state index is 12.2. The smallest absolute Gasteiger partial charge is 0.251 e. The number of nitrogens with one attached hydrogen (secondary N) is 1. The van der Waals surface area contributed by atoms with Crippen molar-refractivity contribution in [2.24, 2.45) is 13.0 Å². The summed E-state index contributed by atoms with van der Waals surface area (Å²) in [5.74, 6) is 0.960. The van der Waals surface area contributed by atoms with Crippen molar-refractivity contribution in [2.45, 2.75) is 39.2 Å². The molecular formula is C18H26N4O2. The van der Waals surface area contributed by atoms with E-state index in [1.165, 1.54) is 0 Å². The lowest BCUT2D eigenvalue weighted by Crippen LogP contribution is -2.40. The van der Waals surface area contributed by atoms with E-state index in [0.717, 1.165) is 12.0 Å². The average Bonchev–Trinajstić information content (AvgIpc) is 2.98. The van der Waals surface area contributed by atoms with Gasteiger partial charge in [-0.25, -0.2) is 4.98 Å². The van der Waals surface area contributed by atoms with E-state index in [1.54, 1.807) is 30.1 Å². The molecule has 1 aromatic heterocycles. The lowest BCUT2D eigenvalue weighted by molar-refractivity contribution is 0.0429. The Morgan fingerprint density at radius 3 is 2.54 bits per heavy atom. The molecule has 0 saturated carbocycles. The van der Waals surface area contributed by atoms with Gasteiger partial charge in [0.1, 0.15) is 6.33 Å². The van der Waals surface area contributed by atoms with E-state index in [-0.39, 0.29) is 12.5 Å². The molecule has 130 valence electrons. The van der Waals surface area contributed by atoms with Crippen LogP contribution in [0.1, 0.15) is 44.0 Å². The van der Waals surface area contributed by atoms with Gasteiger partial charge in [0.15, 0.2) is 5.82 Å². The molecule has 24 heavy (non-hydrogen) atoms. The van der Waals surface area contributed by atoms with E-state index in [2.05, 4.69) is 29.2 Å². The van der Waals surface area contributed by atoms with Gasteiger partial charge in [0.25, 0.3) is 5.91 Å². The predicted octanol–water partition coefficient (Wildman–Crippen LogP) is 2.40. The number of rotatable bonds is 7. The van der Waals surface area contributed by atoms with E-state index in [9.17, 15) is 9.90 Å². The molecule has 0 fully saturated rings. The fraction of sp³-hybridized carbons (Fsp3) is 0.500. The molecule has 2 N–H and O–H groups in total. The van der Waals surface area contributed by atoms with Gasteiger partial charge in [0.2, 0.25) is 0 Å². The lowest BCUT2D eigenvalue weighted by Gasteiger charge is -2.24. The molecule has 1 atom stereocenters. The Bertz CT molecular complexity index is 675. The number of hydrogen-bond donors (Lipinski definition) is 2. The van der Waals surface area contributed by atoms with Crippen molar-refractivity contribution in [2.75, 3.05) is 6.54 Å². The van der Waals surface area contributed by atoms with Gasteiger partial charge in [-0.15, -0.1) is 0 Å². The summed E-state index contributed by atoms with van der Waals surface area (Å²) in [5, 5.41) is 17.4. The number of benzene rings is 1. The molecule has 1 amide bonds. The first kappa shape index (κ1) is 18.1. The molecular weight excluding hydrogens is 304 g/mol. The first-order valence-corrected chi connectivity index (χ1v) is 8.23. The van der Waals surface area contributed by atoms with Gasteiger partial charge in [0, 0.05) is 24.7 Å². The highest BCUT2D eigenvalue weighted by Gasteiger charge is 2.21. The Kier molecular flexibility index (Phi) is 5.72. The van der Waals surface area contributed by atoms with Crippen LogP contribution >= 0.6 is 0 Å². The second-order valence-electron chi connectivity index (χ2n) is 6.93. The average molecular weight is 330 g/mol. The van der Waals surface area contributed by atoms with Gasteiger partial charge in [-0.05, 0) is 37.8 Å². The Labute approximate surface area is 142 Å². The summed E-state index contributed by atoms with van der Waals surface area (Å²) in [6.07, 6.45) is 3.22. The Balaban J connectivity index is 1.93. The predicted molar refractivity (Wildman–Crippen MR) is 93.5 cm³/mol. The number of aromatic nitrogens is 3. The topological polar surface area (TPSA) is 80.0 Å². The second kappa shape index (κ2) is 7.57. The lowest BCUT2D eigenvalue weighted by atomic mass is 9.95. The zero-order valence-corrected chi connectivity index (χ0v) is 14.8. The van der Waals surface area contributed by atoms with E-state index in [4.69, 9.17) is 0 Å². The quantitative estimate of drug-likeness (QED) is 0.817. The van der Waals surface area contributed by atoms with Crippen LogP contribution in [0.25, 0.3) is 11.4 Å². The monoisotopic (exact) mass is 330 g/mol. The highest BCUT2D eigenvalue weighted by molar-refractivity contribution is 5.94. The minimum atomic E-state index is -0.891. The summed E-state index contributed by atoms with van der Waals surface area (Å²) < 4.78 is 1.63. The maximum atomic E-state index is 12.2. The first-order chi connectivity index (χ1) is 11.3. The highest BCUT2D eigenvalue weighted by atomic mass is 16.3. The second-order valence-corrected chi connectivity index (χ2v) is 6.93. The summed E-state index contributed by atoms with van der Waals surface area (Å²) in [7, 11) is 1.81. The highest BCUT2D eigenvalue weighted by Crippen LogP contribution is 2.17. The Morgan fingerprint density at radius 2 is 2.00 bits per heavy atom. The Morgan fingerprint density at radius 1 is 1.33 bits per heavy atom. The number of hydrogen-bond acceptors (Lipinski definition) is 4. The molecule has 2 aromatic rings. The molecule has 0 aliphatic heterocycles. The molecule has 1 heterocycles. The van der Waals surface area contributed by atoms with Crippen molar-refractivity contribution in [1.82, 2.24) is 20.1 Å². The minimum Gasteiger partial charge on any atom is -0.388 e. The zero-order valence-electron chi connectivity index (χ0n) is 14.8. The van der Waals surface area contributed by atoms with Crippen molar-refractivity contribution >= 4 is 5.91 Å². The van der Waals surface area contributed by atoms with E-state index in [0.29, 0.717) is 23.7 Å². The first-order valence-electron chi connectivity index (χ1n) is 8.23. The third-order valence-electron chi connectivity index (χ3n) is 3.89. The van der Waals surface area contributed by atoms with Gasteiger partial charge in [-0.1, -0.05) is 26.0 Å². The van der Waals surface area contributed by atoms with Crippen LogP contribution in [0.15, 0.2) is 30.6 Å². The number of carbonyl (C=O) groups excluding carboxylic acids is 1. The van der Waals surface area contributed by atoms with E-state index < -0.39 is 5.60 Å². The van der Waals surface area contributed by atoms with Crippen LogP contribution in [0.2, 0.25) is 0 Å². The summed E-state index contributed by atoms with van der Waals surface area (Å²) in [4.78, 5) is 16.4. The van der Waals surface area contributed by atoms with Crippen LogP contribution in [0, 0.1) is 5.92 Å². The van der Waals surface area contributed by atoms with Crippen molar-refractivity contribution in [3.8, 4) is 11.4 Å². The van der Waals surface area contributed by atoms with Crippen molar-refractivity contribution in [3.05, 3.63) is 36.2 Å². The van der Waals surface area contributed by atoms with Gasteiger partial charge in [0.05, 0.1) is 5.60 Å². The van der Waals surface area contributed by atoms with Crippen LogP contribution in [-0.4, -0.2) is 37.9 Å². The molecule has 1 unspecified atom stereocenters. The molecule has 0 spiro atoms. The molecule has 0 aliphatic carbocycles. The van der Waals surface area contributed by atoms with Crippen LogP contribution in [0.5, 0.6) is 0 Å². The standard InChI is InChI=1S/C18H26N4O2/c1-13(2)9-10-18(3,24)11-19-17(23)15-7-5-14(6-8-15)16-20-12-22(4)21-16/h5-8,12-13,24H,9-11H2,1-4H3,(H,19,23). The largest absolute Gasteiger partial charge is 0.388 e. The fourth-order valence-corrected chi connectivity index (χ4v) is 2.30. The van der Waals surface area contributed by atoms with Crippen LogP contribution < -0.4 is 5.32 Å². The number of amides is 1. The molecule has 0 radical (unpaired) electrons. The minimum absolute atomic E-state index is 0.194. The van der Waals surface area contributed by atoms with Crippen LogP contribution in [0.4, 0.5) is 0 Å². The molecule has 0 bridgehead atoms. The molecule has 2 rings (SSSR count). The molecule has 6 nitrogen and oxygen atoms in total. The summed E-state index contributed by atoms with van der Waals surface area (Å²) in [6, 6.07) is 7.12. The van der Waals surface area contributed by atoms with Crippen molar-refractivity contribution < 1.29 is 9.90 Å². The summed E-state index contributed by atoms with van der Waals surface area (Å²) in [6.45, 7) is 6.23. The Hall–Kier alpha value is -2.21. The normalized spacial score (nSPS) is 13.8. The number of nitrogens with zero attached hydrogens (tertiary/aromatic N) is 3. The number of aliphatic hydroxyl groups is 1. The van der Waals surface area contributed by atoms with Gasteiger partial charge in [-0.3, -0.25) is 9.48 Å². The van der Waals surface area contributed by atoms with Crippen molar-refractivity contribution in [1.29, 1.82) is 0 Å². The van der Waals surface area contributed by atoms with Gasteiger partial charge >= 0.3 is 0 Å². The number of carbonyl (C=O) groups is 1. The maximum Gasteiger partial charge on any atom is 0.251 e. The molecule has 6 heteroatoms. The van der Waals surface area contributed by atoms with E-state index in [1.807, 2.05) is 19.2 Å².